The molecule has 1 unspecified atom stereocenters. The molecule has 1 aromatic heterocycles. The lowest BCUT2D eigenvalue weighted by molar-refractivity contribution is 0.417. The summed E-state index contributed by atoms with van der Waals surface area (Å²) in [6.07, 6.45) is 9.81. The van der Waals surface area contributed by atoms with Gasteiger partial charge in [-0.2, -0.15) is 0 Å². The van der Waals surface area contributed by atoms with Gasteiger partial charge in [-0.15, -0.1) is 0 Å². The van der Waals surface area contributed by atoms with Gasteiger partial charge < -0.3 is 0 Å². The SMILES string of the molecule is NNC(CCC1CCCC1)c1cccc2cccnc12. The van der Waals surface area contributed by atoms with Crippen LogP contribution in [0.3, 0.4) is 0 Å². The van der Waals surface area contributed by atoms with Crippen LogP contribution in [0.2, 0.25) is 0 Å². The van der Waals surface area contributed by atoms with E-state index >= 15 is 0 Å². The molecule has 3 N–H and O–H groups in total. The van der Waals surface area contributed by atoms with Crippen LogP contribution >= 0.6 is 0 Å². The van der Waals surface area contributed by atoms with Crippen LogP contribution in [0.25, 0.3) is 10.9 Å². The van der Waals surface area contributed by atoms with Gasteiger partial charge in [0.05, 0.1) is 5.52 Å². The van der Waals surface area contributed by atoms with Crippen LogP contribution in [0.5, 0.6) is 0 Å². The summed E-state index contributed by atoms with van der Waals surface area (Å²) in [5.74, 6) is 6.70. The molecule has 0 saturated heterocycles. The lowest BCUT2D eigenvalue weighted by atomic mass is 9.94. The fourth-order valence-corrected chi connectivity index (χ4v) is 3.44. The van der Waals surface area contributed by atoms with Gasteiger partial charge in [-0.1, -0.05) is 49.9 Å². The third kappa shape index (κ3) is 2.84. The Morgan fingerprint density at radius 1 is 1.20 bits per heavy atom. The first-order chi connectivity index (χ1) is 9.88. The van der Waals surface area contributed by atoms with Crippen LogP contribution in [0, 0.1) is 5.92 Å². The zero-order valence-electron chi connectivity index (χ0n) is 11.9. The van der Waals surface area contributed by atoms with E-state index in [0.717, 1.165) is 17.9 Å². The zero-order chi connectivity index (χ0) is 13.8. The minimum absolute atomic E-state index is 0.203. The number of aromatic nitrogens is 1. The second kappa shape index (κ2) is 6.33. The number of rotatable bonds is 5. The fraction of sp³-hybridized carbons (Fsp3) is 0.471. The summed E-state index contributed by atoms with van der Waals surface area (Å²) in [7, 11) is 0. The van der Waals surface area contributed by atoms with Crippen molar-refractivity contribution < 1.29 is 0 Å². The molecule has 1 fully saturated rings. The van der Waals surface area contributed by atoms with Crippen LogP contribution in [-0.2, 0) is 0 Å². The first-order valence-corrected chi connectivity index (χ1v) is 7.68. The third-order valence-corrected chi connectivity index (χ3v) is 4.58. The highest BCUT2D eigenvalue weighted by Crippen LogP contribution is 2.32. The van der Waals surface area contributed by atoms with E-state index < -0.39 is 0 Å². The Morgan fingerprint density at radius 2 is 2.00 bits per heavy atom. The summed E-state index contributed by atoms with van der Waals surface area (Å²) in [5, 5.41) is 1.19. The Balaban J connectivity index is 1.79. The van der Waals surface area contributed by atoms with E-state index in [9.17, 15) is 0 Å². The smallest absolute Gasteiger partial charge is 0.0750 e. The lowest BCUT2D eigenvalue weighted by Crippen LogP contribution is -2.28. The standard InChI is InChI=1S/C17H23N3/c18-20-16(11-10-13-5-1-2-6-13)15-9-3-7-14-8-4-12-19-17(14)15/h3-4,7-9,12-13,16,20H,1-2,5-6,10-11,18H2. The predicted molar refractivity (Wildman–Crippen MR) is 83.0 cm³/mol. The molecule has 3 nitrogen and oxygen atoms in total. The van der Waals surface area contributed by atoms with Crippen molar-refractivity contribution in [2.24, 2.45) is 11.8 Å². The maximum atomic E-state index is 5.80. The molecule has 20 heavy (non-hydrogen) atoms. The van der Waals surface area contributed by atoms with Crippen LogP contribution in [-0.4, -0.2) is 4.98 Å². The Morgan fingerprint density at radius 3 is 2.80 bits per heavy atom. The summed E-state index contributed by atoms with van der Waals surface area (Å²) in [4.78, 5) is 4.53. The average molecular weight is 269 g/mol. The lowest BCUT2D eigenvalue weighted by Gasteiger charge is -2.19. The maximum absolute atomic E-state index is 5.80. The number of nitrogens with two attached hydrogens (primary N) is 1. The number of hydrazine groups is 1. The number of hydrogen-bond acceptors (Lipinski definition) is 3. The van der Waals surface area contributed by atoms with Gasteiger partial charge in [-0.05, 0) is 30.4 Å². The number of nitrogens with zero attached hydrogens (tertiary/aromatic N) is 1. The van der Waals surface area contributed by atoms with Gasteiger partial charge in [0.25, 0.3) is 0 Å². The highest BCUT2D eigenvalue weighted by Gasteiger charge is 2.19. The molecule has 0 spiro atoms. The first-order valence-electron chi connectivity index (χ1n) is 7.68. The quantitative estimate of drug-likeness (QED) is 0.642. The first kappa shape index (κ1) is 13.5. The van der Waals surface area contributed by atoms with E-state index in [1.807, 2.05) is 12.3 Å². The fourth-order valence-electron chi connectivity index (χ4n) is 3.44. The predicted octanol–water partition coefficient (Wildman–Crippen LogP) is 3.71. The summed E-state index contributed by atoms with van der Waals surface area (Å²) in [6, 6.07) is 10.6. The van der Waals surface area contributed by atoms with E-state index in [4.69, 9.17) is 5.84 Å². The van der Waals surface area contributed by atoms with E-state index in [1.54, 1.807) is 0 Å². The van der Waals surface area contributed by atoms with Crippen molar-refractivity contribution in [3.8, 4) is 0 Å². The second-order valence-electron chi connectivity index (χ2n) is 5.87. The molecule has 1 aliphatic rings. The molecule has 3 heteroatoms. The molecular formula is C17H23N3. The van der Waals surface area contributed by atoms with E-state index in [0.29, 0.717) is 0 Å². The van der Waals surface area contributed by atoms with Crippen LogP contribution < -0.4 is 11.3 Å². The maximum Gasteiger partial charge on any atom is 0.0750 e. The van der Waals surface area contributed by atoms with Crippen molar-refractivity contribution in [2.45, 2.75) is 44.6 Å². The van der Waals surface area contributed by atoms with Crippen molar-refractivity contribution in [3.05, 3.63) is 42.1 Å². The van der Waals surface area contributed by atoms with E-state index in [2.05, 4.69) is 34.7 Å². The summed E-state index contributed by atoms with van der Waals surface area (Å²) in [5.41, 5.74) is 5.29. The van der Waals surface area contributed by atoms with Crippen LogP contribution in [0.15, 0.2) is 36.5 Å². The van der Waals surface area contributed by atoms with E-state index in [1.165, 1.54) is 43.1 Å². The van der Waals surface area contributed by atoms with Gasteiger partial charge in [-0.3, -0.25) is 16.3 Å². The molecule has 1 aliphatic carbocycles. The Labute approximate surface area is 120 Å². The largest absolute Gasteiger partial charge is 0.271 e. The number of benzene rings is 1. The molecule has 0 aliphatic heterocycles. The van der Waals surface area contributed by atoms with Crippen LogP contribution in [0.1, 0.15) is 50.1 Å². The monoisotopic (exact) mass is 269 g/mol. The van der Waals surface area contributed by atoms with Crippen molar-refractivity contribution in [2.75, 3.05) is 0 Å². The minimum Gasteiger partial charge on any atom is -0.271 e. The second-order valence-corrected chi connectivity index (χ2v) is 5.87. The Bertz CT molecular complexity index is 556. The topological polar surface area (TPSA) is 50.9 Å². The highest BCUT2D eigenvalue weighted by molar-refractivity contribution is 5.81. The summed E-state index contributed by atoms with van der Waals surface area (Å²) < 4.78 is 0. The van der Waals surface area contributed by atoms with Crippen molar-refractivity contribution in [1.82, 2.24) is 10.4 Å². The van der Waals surface area contributed by atoms with Crippen molar-refractivity contribution >= 4 is 10.9 Å². The Kier molecular flexibility index (Phi) is 4.28. The van der Waals surface area contributed by atoms with Crippen molar-refractivity contribution in [1.29, 1.82) is 0 Å². The number of nitrogens with one attached hydrogen (secondary N) is 1. The molecule has 1 atom stereocenters. The molecular weight excluding hydrogens is 246 g/mol. The zero-order valence-corrected chi connectivity index (χ0v) is 11.9. The molecule has 2 aromatic rings. The summed E-state index contributed by atoms with van der Waals surface area (Å²) >= 11 is 0. The normalized spacial score (nSPS) is 17.6. The number of pyridine rings is 1. The molecule has 1 heterocycles. The number of fused-ring (bicyclic) bond motifs is 1. The van der Waals surface area contributed by atoms with Gasteiger partial charge in [0.2, 0.25) is 0 Å². The van der Waals surface area contributed by atoms with E-state index in [-0.39, 0.29) is 6.04 Å². The number of hydrogen-bond donors (Lipinski definition) is 2. The minimum atomic E-state index is 0.203. The van der Waals surface area contributed by atoms with Gasteiger partial charge in [0, 0.05) is 17.6 Å². The van der Waals surface area contributed by atoms with Gasteiger partial charge >= 0.3 is 0 Å². The molecule has 0 bridgehead atoms. The van der Waals surface area contributed by atoms with Gasteiger partial charge in [0.1, 0.15) is 0 Å². The van der Waals surface area contributed by atoms with Crippen LogP contribution in [0.4, 0.5) is 0 Å². The highest BCUT2D eigenvalue weighted by atomic mass is 15.2. The molecule has 106 valence electrons. The molecule has 1 aromatic carbocycles. The molecule has 0 radical (unpaired) electrons. The Hall–Kier alpha value is -1.45. The summed E-state index contributed by atoms with van der Waals surface area (Å²) in [6.45, 7) is 0. The molecule has 0 amide bonds. The molecule has 3 rings (SSSR count). The number of para-hydroxylation sites is 1. The van der Waals surface area contributed by atoms with Gasteiger partial charge in [-0.25, -0.2) is 0 Å². The van der Waals surface area contributed by atoms with Gasteiger partial charge in [0.15, 0.2) is 0 Å². The van der Waals surface area contributed by atoms with Crippen molar-refractivity contribution in [3.63, 3.8) is 0 Å². The molecule has 1 saturated carbocycles. The third-order valence-electron chi connectivity index (χ3n) is 4.58. The average Bonchev–Trinajstić information content (AvgIpc) is 3.01.